The van der Waals surface area contributed by atoms with E-state index in [0.29, 0.717) is 11.4 Å². The van der Waals surface area contributed by atoms with Crippen LogP contribution in [0.2, 0.25) is 0 Å². The summed E-state index contributed by atoms with van der Waals surface area (Å²) in [5.74, 6) is -3.03. The van der Waals surface area contributed by atoms with E-state index < -0.39 is 54.5 Å². The first kappa shape index (κ1) is 27.4. The van der Waals surface area contributed by atoms with Crippen molar-refractivity contribution >= 4 is 35.5 Å². The zero-order valence-corrected chi connectivity index (χ0v) is 19.1. The first-order valence-electron chi connectivity index (χ1n) is 10.1. The van der Waals surface area contributed by atoms with Crippen molar-refractivity contribution in [3.05, 3.63) is 18.2 Å². The summed E-state index contributed by atoms with van der Waals surface area (Å²) >= 11 is 1.42. The molecule has 1 rings (SSSR count). The second-order valence-corrected chi connectivity index (χ2v) is 8.52. The molecule has 3 amide bonds. The third-order valence-electron chi connectivity index (χ3n) is 4.67. The number of carbonyl (C=O) groups excluding carboxylic acids is 3. The minimum Gasteiger partial charge on any atom is -0.480 e. The number of aliphatic carboxylic acids is 1. The molecule has 12 nitrogen and oxygen atoms in total. The molecule has 0 bridgehead atoms. The van der Waals surface area contributed by atoms with Crippen LogP contribution in [0.25, 0.3) is 0 Å². The zero-order chi connectivity index (χ0) is 24.3. The minimum absolute atomic E-state index is 0.0353. The van der Waals surface area contributed by atoms with Crippen LogP contribution in [-0.4, -0.2) is 86.7 Å². The number of aromatic amines is 1. The number of nitrogens with one attached hydrogen (secondary N) is 4. The quantitative estimate of drug-likeness (QED) is 0.163. The Kier molecular flexibility index (Phi) is 11.7. The average molecular weight is 473 g/mol. The van der Waals surface area contributed by atoms with Gasteiger partial charge in [-0.3, -0.25) is 14.4 Å². The summed E-state index contributed by atoms with van der Waals surface area (Å²) < 4.78 is 0. The second kappa shape index (κ2) is 13.7. The van der Waals surface area contributed by atoms with Gasteiger partial charge in [-0.1, -0.05) is 13.8 Å². The number of amides is 3. The number of carboxylic acids is 1. The van der Waals surface area contributed by atoms with Gasteiger partial charge in [0.25, 0.3) is 0 Å². The third kappa shape index (κ3) is 8.85. The normalized spacial score (nSPS) is 14.8. The van der Waals surface area contributed by atoms with Crippen molar-refractivity contribution in [1.29, 1.82) is 0 Å². The molecule has 0 aliphatic heterocycles. The number of H-pyrrole nitrogens is 1. The van der Waals surface area contributed by atoms with Crippen LogP contribution in [0, 0.1) is 5.92 Å². The van der Waals surface area contributed by atoms with Gasteiger partial charge in [-0.05, 0) is 24.3 Å². The number of hydrogen-bond acceptors (Lipinski definition) is 8. The molecule has 0 fully saturated rings. The highest BCUT2D eigenvalue weighted by Crippen LogP contribution is 2.05. The monoisotopic (exact) mass is 472 g/mol. The molecule has 1 aromatic rings. The van der Waals surface area contributed by atoms with E-state index in [0.717, 1.165) is 0 Å². The van der Waals surface area contributed by atoms with Crippen LogP contribution in [-0.2, 0) is 25.6 Å². The summed E-state index contributed by atoms with van der Waals surface area (Å²) in [4.78, 5) is 55.8. The van der Waals surface area contributed by atoms with Crippen molar-refractivity contribution in [3.63, 3.8) is 0 Å². The van der Waals surface area contributed by atoms with Gasteiger partial charge in [0.2, 0.25) is 17.7 Å². The molecule has 0 saturated heterocycles. The van der Waals surface area contributed by atoms with Crippen molar-refractivity contribution in [2.75, 3.05) is 18.6 Å². The number of nitrogens with two attached hydrogens (primary N) is 1. The first-order chi connectivity index (χ1) is 15.1. The molecule has 0 radical (unpaired) electrons. The van der Waals surface area contributed by atoms with E-state index in [4.69, 9.17) is 5.73 Å². The van der Waals surface area contributed by atoms with Gasteiger partial charge >= 0.3 is 5.97 Å². The molecule has 13 heteroatoms. The Morgan fingerprint density at radius 2 is 1.69 bits per heavy atom. The first-order valence-corrected chi connectivity index (χ1v) is 11.5. The fraction of sp³-hybridized carbons (Fsp3) is 0.632. The lowest BCUT2D eigenvalue weighted by Crippen LogP contribution is -2.59. The van der Waals surface area contributed by atoms with Crippen LogP contribution in [0.15, 0.2) is 12.5 Å². The summed E-state index contributed by atoms with van der Waals surface area (Å²) in [7, 11) is 0. The smallest absolute Gasteiger partial charge is 0.326 e. The van der Waals surface area contributed by atoms with Crippen LogP contribution in [0.1, 0.15) is 26.0 Å². The SMILES string of the molecule is CSCCC(NC(=O)C(CO)NC(=O)C(Cc1cnc[nH]1)NC(=O)C(N)C(C)C)C(=O)O. The molecule has 0 saturated carbocycles. The maximum absolute atomic E-state index is 12.9. The topological polar surface area (TPSA) is 200 Å². The third-order valence-corrected chi connectivity index (χ3v) is 5.32. The van der Waals surface area contributed by atoms with E-state index >= 15 is 0 Å². The number of carbonyl (C=O) groups is 4. The van der Waals surface area contributed by atoms with E-state index in [1.807, 2.05) is 0 Å². The van der Waals surface area contributed by atoms with Gasteiger partial charge < -0.3 is 36.9 Å². The van der Waals surface area contributed by atoms with Gasteiger partial charge in [0, 0.05) is 18.3 Å². The maximum Gasteiger partial charge on any atom is 0.326 e. The average Bonchev–Trinajstić information content (AvgIpc) is 3.26. The maximum atomic E-state index is 12.9. The Hall–Kier alpha value is -2.64. The van der Waals surface area contributed by atoms with Crippen molar-refractivity contribution in [2.24, 2.45) is 11.7 Å². The number of rotatable bonds is 14. The zero-order valence-electron chi connectivity index (χ0n) is 18.3. The highest BCUT2D eigenvalue weighted by molar-refractivity contribution is 7.98. The Morgan fingerprint density at radius 3 is 2.19 bits per heavy atom. The molecule has 0 aliphatic rings. The van der Waals surface area contributed by atoms with Crippen LogP contribution >= 0.6 is 11.8 Å². The molecule has 4 atom stereocenters. The predicted octanol–water partition coefficient (Wildman–Crippen LogP) is -1.78. The molecule has 0 spiro atoms. The summed E-state index contributed by atoms with van der Waals surface area (Å²) in [6, 6.07) is -4.53. The summed E-state index contributed by atoms with van der Waals surface area (Å²) in [5.41, 5.74) is 6.41. The number of nitrogens with zero attached hydrogens (tertiary/aromatic N) is 1. The fourth-order valence-corrected chi connectivity index (χ4v) is 3.10. The van der Waals surface area contributed by atoms with E-state index in [-0.39, 0.29) is 18.8 Å². The summed E-state index contributed by atoms with van der Waals surface area (Å²) in [6.07, 6.45) is 4.91. The lowest BCUT2D eigenvalue weighted by molar-refractivity contribution is -0.142. The van der Waals surface area contributed by atoms with Gasteiger partial charge in [-0.2, -0.15) is 11.8 Å². The van der Waals surface area contributed by atoms with Gasteiger partial charge in [0.05, 0.1) is 19.0 Å². The Bertz CT molecular complexity index is 759. The molecule has 0 aliphatic carbocycles. The Balaban J connectivity index is 2.90. The largest absolute Gasteiger partial charge is 0.480 e. The second-order valence-electron chi connectivity index (χ2n) is 7.54. The number of aliphatic hydroxyl groups excluding tert-OH is 1. The van der Waals surface area contributed by atoms with Gasteiger partial charge in [0.1, 0.15) is 18.1 Å². The molecule has 0 aromatic carbocycles. The van der Waals surface area contributed by atoms with Gasteiger partial charge in [0.15, 0.2) is 0 Å². The van der Waals surface area contributed by atoms with Crippen LogP contribution in [0.4, 0.5) is 0 Å². The molecule has 32 heavy (non-hydrogen) atoms. The Morgan fingerprint density at radius 1 is 1.09 bits per heavy atom. The highest BCUT2D eigenvalue weighted by Gasteiger charge is 2.30. The molecular weight excluding hydrogens is 440 g/mol. The predicted molar refractivity (Wildman–Crippen MR) is 119 cm³/mol. The van der Waals surface area contributed by atoms with Crippen molar-refractivity contribution < 1.29 is 29.4 Å². The standard InChI is InChI=1S/C19H32N6O6S/c1-10(2)15(20)18(29)24-13(6-11-7-21-9-22-11)16(27)25-14(8-26)17(28)23-12(19(30)31)4-5-32-3/h7,9-10,12-15,26H,4-6,8,20H2,1-3H3,(H,21,22)(H,23,28)(H,24,29)(H,25,27)(H,30,31). The van der Waals surface area contributed by atoms with Gasteiger partial charge in [-0.25, -0.2) is 9.78 Å². The van der Waals surface area contributed by atoms with Crippen molar-refractivity contribution in [3.8, 4) is 0 Å². The highest BCUT2D eigenvalue weighted by atomic mass is 32.2. The number of imidazole rings is 1. The molecule has 8 N–H and O–H groups in total. The van der Waals surface area contributed by atoms with E-state index in [1.54, 1.807) is 20.1 Å². The van der Waals surface area contributed by atoms with Crippen LogP contribution < -0.4 is 21.7 Å². The molecular formula is C19H32N6O6S. The van der Waals surface area contributed by atoms with E-state index in [2.05, 4.69) is 25.9 Å². The lowest BCUT2D eigenvalue weighted by Gasteiger charge is -2.24. The molecule has 1 heterocycles. The number of carboxylic acid groups (broad SMARTS) is 1. The van der Waals surface area contributed by atoms with E-state index in [1.165, 1.54) is 24.3 Å². The number of hydrogen-bond donors (Lipinski definition) is 7. The van der Waals surface area contributed by atoms with Gasteiger partial charge in [-0.15, -0.1) is 0 Å². The van der Waals surface area contributed by atoms with Crippen LogP contribution in [0.3, 0.4) is 0 Å². The summed E-state index contributed by atoms with van der Waals surface area (Å²) in [5, 5.41) is 26.1. The fourth-order valence-electron chi connectivity index (χ4n) is 2.63. The number of aromatic nitrogens is 2. The number of thioether (sulfide) groups is 1. The van der Waals surface area contributed by atoms with Crippen molar-refractivity contribution in [2.45, 2.75) is 50.9 Å². The minimum atomic E-state index is -1.40. The molecule has 4 unspecified atom stereocenters. The molecule has 180 valence electrons. The van der Waals surface area contributed by atoms with Crippen molar-refractivity contribution in [1.82, 2.24) is 25.9 Å². The van der Waals surface area contributed by atoms with E-state index in [9.17, 15) is 29.4 Å². The number of aliphatic hydroxyl groups is 1. The molecule has 1 aromatic heterocycles. The lowest BCUT2D eigenvalue weighted by atomic mass is 10.0. The summed E-state index contributed by atoms with van der Waals surface area (Å²) in [6.45, 7) is 2.76. The Labute approximate surface area is 190 Å². The van der Waals surface area contributed by atoms with Crippen LogP contribution in [0.5, 0.6) is 0 Å².